The average molecular weight is 520 g/mol. The summed E-state index contributed by atoms with van der Waals surface area (Å²) in [7, 11) is 0. The zero-order chi connectivity index (χ0) is 25.1. The SMILES string of the molecule is CC1CN(c2cccc(-c3nc(NC(=O)CNC(=O)c4ccn([S+](C)[O-])c4)sc3F)c2)CC(C)O1. The topological polar surface area (TPSA) is 112 Å². The van der Waals surface area contributed by atoms with E-state index in [2.05, 4.69) is 20.5 Å². The number of hydrogen-bond donors (Lipinski definition) is 2. The molecule has 2 N–H and O–H groups in total. The quantitative estimate of drug-likeness (QED) is 0.465. The van der Waals surface area contributed by atoms with Crippen LogP contribution in [0.15, 0.2) is 42.7 Å². The zero-order valence-corrected chi connectivity index (χ0v) is 21.1. The molecule has 12 heteroatoms. The van der Waals surface area contributed by atoms with Crippen LogP contribution >= 0.6 is 11.3 Å². The van der Waals surface area contributed by atoms with Crippen LogP contribution in [0.5, 0.6) is 0 Å². The number of ether oxygens (including phenoxy) is 1. The van der Waals surface area contributed by atoms with E-state index in [1.807, 2.05) is 32.0 Å². The highest BCUT2D eigenvalue weighted by Gasteiger charge is 2.23. The number of hydrogen-bond acceptors (Lipinski definition) is 7. The smallest absolute Gasteiger partial charge is 0.253 e. The second kappa shape index (κ2) is 10.8. The van der Waals surface area contributed by atoms with Gasteiger partial charge in [0, 0.05) is 24.3 Å². The van der Waals surface area contributed by atoms with Crippen LogP contribution < -0.4 is 15.5 Å². The molecule has 9 nitrogen and oxygen atoms in total. The number of carbonyl (C=O) groups excluding carboxylic acids is 2. The largest absolute Gasteiger partial charge is 0.593 e. The lowest BCUT2D eigenvalue weighted by Gasteiger charge is -2.37. The van der Waals surface area contributed by atoms with Gasteiger partial charge in [0.25, 0.3) is 5.91 Å². The monoisotopic (exact) mass is 519 g/mol. The molecule has 1 aromatic carbocycles. The minimum Gasteiger partial charge on any atom is -0.593 e. The number of nitrogens with zero attached hydrogens (tertiary/aromatic N) is 3. The molecule has 3 atom stereocenters. The Labute approximate surface area is 209 Å². The predicted octanol–water partition coefficient (Wildman–Crippen LogP) is 2.87. The molecule has 1 saturated heterocycles. The number of thiazole rings is 1. The molecule has 1 aliphatic heterocycles. The van der Waals surface area contributed by atoms with Gasteiger partial charge in [-0.2, -0.15) is 8.36 Å². The summed E-state index contributed by atoms with van der Waals surface area (Å²) in [5.41, 5.74) is 1.99. The summed E-state index contributed by atoms with van der Waals surface area (Å²) in [4.78, 5) is 30.9. The first-order valence-electron chi connectivity index (χ1n) is 11.0. The van der Waals surface area contributed by atoms with Crippen LogP contribution in [-0.4, -0.2) is 63.4 Å². The first-order chi connectivity index (χ1) is 16.7. The highest BCUT2D eigenvalue weighted by molar-refractivity contribution is 7.89. The van der Waals surface area contributed by atoms with Crippen LogP contribution in [0, 0.1) is 5.13 Å². The van der Waals surface area contributed by atoms with Crippen LogP contribution in [0.3, 0.4) is 0 Å². The third-order valence-corrected chi connectivity index (χ3v) is 6.95. The standard InChI is InChI=1S/C23H26FN5O4S2/c1-14-11-28(12-15(2)33-14)18-6-4-5-16(9-18)20-21(24)34-23(27-20)26-19(30)10-25-22(31)17-7-8-29(13-17)35(3)32/h4-9,13-15H,10-12H2,1-3H3,(H,25,31)(H,26,27,30). The number of aromatic nitrogens is 2. The van der Waals surface area contributed by atoms with Crippen molar-refractivity contribution in [3.8, 4) is 11.3 Å². The molecule has 0 aliphatic carbocycles. The third-order valence-electron chi connectivity index (χ3n) is 5.37. The normalized spacial score (nSPS) is 18.8. The molecule has 0 bridgehead atoms. The summed E-state index contributed by atoms with van der Waals surface area (Å²) < 4.78 is 33.3. The van der Waals surface area contributed by atoms with Gasteiger partial charge in [0.15, 0.2) is 5.13 Å². The zero-order valence-electron chi connectivity index (χ0n) is 19.5. The molecule has 35 heavy (non-hydrogen) atoms. The van der Waals surface area contributed by atoms with Gasteiger partial charge in [-0.3, -0.25) is 9.59 Å². The van der Waals surface area contributed by atoms with Crippen molar-refractivity contribution in [3.05, 3.63) is 53.4 Å². The van der Waals surface area contributed by atoms with Gasteiger partial charge in [0.1, 0.15) is 11.9 Å². The summed E-state index contributed by atoms with van der Waals surface area (Å²) in [5, 5.41) is 4.59. The van der Waals surface area contributed by atoms with Crippen molar-refractivity contribution in [2.24, 2.45) is 0 Å². The van der Waals surface area contributed by atoms with Crippen LogP contribution in [0.2, 0.25) is 0 Å². The summed E-state index contributed by atoms with van der Waals surface area (Å²) in [6.07, 6.45) is 4.61. The number of morpholine rings is 1. The van der Waals surface area contributed by atoms with Gasteiger partial charge in [0.2, 0.25) is 11.0 Å². The first-order valence-corrected chi connectivity index (χ1v) is 13.3. The Hall–Kier alpha value is -2.93. The van der Waals surface area contributed by atoms with Gasteiger partial charge in [-0.05, 0) is 32.0 Å². The van der Waals surface area contributed by atoms with Crippen LogP contribution in [0.25, 0.3) is 11.3 Å². The Morgan fingerprint density at radius 1 is 1.29 bits per heavy atom. The maximum Gasteiger partial charge on any atom is 0.253 e. The number of halogens is 1. The third kappa shape index (κ3) is 6.20. The minimum absolute atomic E-state index is 0.0938. The Kier molecular flexibility index (Phi) is 7.75. The van der Waals surface area contributed by atoms with Crippen molar-refractivity contribution in [1.29, 1.82) is 0 Å². The molecule has 1 aliphatic rings. The number of benzene rings is 1. The first kappa shape index (κ1) is 25.2. The number of amides is 2. The maximum absolute atomic E-state index is 14.7. The van der Waals surface area contributed by atoms with E-state index in [0.29, 0.717) is 5.56 Å². The van der Waals surface area contributed by atoms with E-state index >= 15 is 0 Å². The van der Waals surface area contributed by atoms with Gasteiger partial charge >= 0.3 is 0 Å². The molecule has 1 fully saturated rings. The summed E-state index contributed by atoms with van der Waals surface area (Å²) >= 11 is -0.556. The van der Waals surface area contributed by atoms with Crippen LogP contribution in [0.4, 0.5) is 15.2 Å². The van der Waals surface area contributed by atoms with Crippen molar-refractivity contribution in [3.63, 3.8) is 0 Å². The van der Waals surface area contributed by atoms with Gasteiger partial charge in [-0.25, -0.2) is 4.98 Å². The molecule has 186 valence electrons. The molecule has 3 aromatic rings. The molecule has 0 spiro atoms. The van der Waals surface area contributed by atoms with E-state index in [1.54, 1.807) is 6.07 Å². The Morgan fingerprint density at radius 2 is 2.03 bits per heavy atom. The molecule has 0 radical (unpaired) electrons. The van der Waals surface area contributed by atoms with E-state index in [9.17, 15) is 18.5 Å². The minimum atomic E-state index is -1.28. The lowest BCUT2D eigenvalue weighted by Crippen LogP contribution is -2.45. The summed E-state index contributed by atoms with van der Waals surface area (Å²) in [6, 6.07) is 8.98. The molecular weight excluding hydrogens is 493 g/mol. The second-order valence-electron chi connectivity index (χ2n) is 8.27. The van der Waals surface area contributed by atoms with Crippen molar-refractivity contribution < 1.29 is 23.3 Å². The van der Waals surface area contributed by atoms with E-state index < -0.39 is 28.3 Å². The molecule has 3 unspecified atom stereocenters. The highest BCUT2D eigenvalue weighted by atomic mass is 32.2. The number of rotatable bonds is 7. The van der Waals surface area contributed by atoms with E-state index in [1.165, 1.54) is 28.7 Å². The van der Waals surface area contributed by atoms with E-state index in [4.69, 9.17) is 4.74 Å². The molecule has 2 amide bonds. The Morgan fingerprint density at radius 3 is 2.71 bits per heavy atom. The maximum atomic E-state index is 14.7. The van der Waals surface area contributed by atoms with E-state index in [-0.39, 0.29) is 35.1 Å². The lowest BCUT2D eigenvalue weighted by molar-refractivity contribution is -0.115. The molecule has 2 aromatic heterocycles. The molecule has 4 rings (SSSR count). The second-order valence-corrected chi connectivity index (χ2v) is 10.5. The average Bonchev–Trinajstić information content (AvgIpc) is 3.44. The number of nitrogens with one attached hydrogen (secondary N) is 2. The van der Waals surface area contributed by atoms with Gasteiger partial charge in [0.05, 0.1) is 48.1 Å². The predicted molar refractivity (Wildman–Crippen MR) is 135 cm³/mol. The number of anilines is 2. The summed E-state index contributed by atoms with van der Waals surface area (Å²) in [5.74, 6) is -1.03. The van der Waals surface area contributed by atoms with Crippen LogP contribution in [-0.2, 0) is 20.9 Å². The summed E-state index contributed by atoms with van der Waals surface area (Å²) in [6.45, 7) is 5.20. The fourth-order valence-electron chi connectivity index (χ4n) is 3.87. The Balaban J connectivity index is 1.38. The van der Waals surface area contributed by atoms with Crippen molar-refractivity contribution >= 4 is 45.3 Å². The van der Waals surface area contributed by atoms with Crippen LogP contribution in [0.1, 0.15) is 24.2 Å². The fourth-order valence-corrected chi connectivity index (χ4v) is 5.09. The van der Waals surface area contributed by atoms with Gasteiger partial charge in [-0.15, -0.1) is 0 Å². The van der Waals surface area contributed by atoms with E-state index in [0.717, 1.165) is 30.1 Å². The molecule has 3 heterocycles. The van der Waals surface area contributed by atoms with Crippen molar-refractivity contribution in [2.45, 2.75) is 26.1 Å². The number of carbonyl (C=O) groups is 2. The molecular formula is C23H26FN5O4S2. The molecule has 0 saturated carbocycles. The fraction of sp³-hybridized carbons (Fsp3) is 0.348. The van der Waals surface area contributed by atoms with Gasteiger partial charge < -0.3 is 24.8 Å². The van der Waals surface area contributed by atoms with Crippen molar-refractivity contribution in [2.75, 3.05) is 36.1 Å². The van der Waals surface area contributed by atoms with Crippen molar-refractivity contribution in [1.82, 2.24) is 14.3 Å². The lowest BCUT2D eigenvalue weighted by atomic mass is 10.1. The van der Waals surface area contributed by atoms with Gasteiger partial charge in [-0.1, -0.05) is 23.5 Å². The highest BCUT2D eigenvalue weighted by Crippen LogP contribution is 2.32. The Bertz CT molecular complexity index is 1200.